The van der Waals surface area contributed by atoms with Gasteiger partial charge in [0, 0.05) is 38.9 Å². The Kier molecular flexibility index (Phi) is 5.17. The summed E-state index contributed by atoms with van der Waals surface area (Å²) in [5, 5.41) is 19.9. The van der Waals surface area contributed by atoms with Crippen LogP contribution in [0.5, 0.6) is 0 Å². The molecule has 0 aromatic carbocycles. The van der Waals surface area contributed by atoms with Crippen molar-refractivity contribution in [1.82, 2.24) is 0 Å². The number of aliphatic hydroxyl groups is 2. The Labute approximate surface area is 131 Å². The molecule has 3 rings (SSSR count). The fraction of sp³-hybridized carbons (Fsp3) is 0.875. The highest BCUT2D eigenvalue weighted by Crippen LogP contribution is 2.44. The highest BCUT2D eigenvalue weighted by atomic mass is 16.7. The molecule has 0 bridgehead atoms. The van der Waals surface area contributed by atoms with E-state index in [9.17, 15) is 10.2 Å². The molecule has 0 spiro atoms. The van der Waals surface area contributed by atoms with Crippen molar-refractivity contribution >= 4 is 0 Å². The Balaban J connectivity index is 1.65. The van der Waals surface area contributed by atoms with Crippen LogP contribution in [-0.4, -0.2) is 61.4 Å². The van der Waals surface area contributed by atoms with Gasteiger partial charge in [0.15, 0.2) is 12.1 Å². The van der Waals surface area contributed by atoms with E-state index < -0.39 is 18.2 Å². The maximum absolute atomic E-state index is 10.2. The number of hydrogen-bond donors (Lipinski definition) is 2. The SMILES string of the molecule is COCCCC1(/C=C/[C@@H]2[C@H]3CC(O)O[C@H]3C[C@H]2O)OCCO1. The van der Waals surface area contributed by atoms with Gasteiger partial charge in [-0.05, 0) is 18.4 Å². The van der Waals surface area contributed by atoms with Gasteiger partial charge in [-0.1, -0.05) is 6.08 Å². The standard InChI is InChI=1S/C16H26O6/c1-19-6-2-4-16(20-7-8-21-16)5-3-11-12-9-15(18)22-14(12)10-13(11)17/h3,5,11-15,17-18H,2,4,6-10H2,1H3/b5-3+/t11-,12-,13-,14+,15?/m1/s1. The molecule has 126 valence electrons. The second kappa shape index (κ2) is 6.95. The second-order valence-corrected chi connectivity index (χ2v) is 6.37. The predicted molar refractivity (Wildman–Crippen MR) is 78.0 cm³/mol. The van der Waals surface area contributed by atoms with Crippen LogP contribution in [0.2, 0.25) is 0 Å². The van der Waals surface area contributed by atoms with Gasteiger partial charge in [0.1, 0.15) is 0 Å². The largest absolute Gasteiger partial charge is 0.392 e. The van der Waals surface area contributed by atoms with Gasteiger partial charge < -0.3 is 29.2 Å². The zero-order chi connectivity index (χ0) is 15.6. The quantitative estimate of drug-likeness (QED) is 0.558. The molecule has 6 nitrogen and oxygen atoms in total. The van der Waals surface area contributed by atoms with Crippen molar-refractivity contribution in [2.24, 2.45) is 11.8 Å². The van der Waals surface area contributed by atoms with E-state index in [4.69, 9.17) is 18.9 Å². The molecule has 3 aliphatic rings. The van der Waals surface area contributed by atoms with Gasteiger partial charge in [0.05, 0.1) is 25.4 Å². The number of aliphatic hydroxyl groups excluding tert-OH is 2. The molecule has 0 amide bonds. The van der Waals surface area contributed by atoms with E-state index in [0.29, 0.717) is 32.7 Å². The van der Waals surface area contributed by atoms with Crippen LogP contribution in [0.4, 0.5) is 0 Å². The first-order valence-corrected chi connectivity index (χ1v) is 8.11. The summed E-state index contributed by atoms with van der Waals surface area (Å²) in [6, 6.07) is 0. The highest BCUT2D eigenvalue weighted by Gasteiger charge is 2.48. The molecule has 2 N–H and O–H groups in total. The Morgan fingerprint density at radius 2 is 2.00 bits per heavy atom. The summed E-state index contributed by atoms with van der Waals surface area (Å²) in [5.74, 6) is -0.554. The molecule has 1 aliphatic carbocycles. The summed E-state index contributed by atoms with van der Waals surface area (Å²) in [4.78, 5) is 0. The van der Waals surface area contributed by atoms with E-state index in [2.05, 4.69) is 0 Å². The topological polar surface area (TPSA) is 77.4 Å². The first-order chi connectivity index (χ1) is 10.6. The van der Waals surface area contributed by atoms with Crippen molar-refractivity contribution in [1.29, 1.82) is 0 Å². The number of hydrogen-bond acceptors (Lipinski definition) is 6. The van der Waals surface area contributed by atoms with Crippen molar-refractivity contribution in [3.05, 3.63) is 12.2 Å². The van der Waals surface area contributed by atoms with Gasteiger partial charge in [0.2, 0.25) is 0 Å². The lowest BCUT2D eigenvalue weighted by Gasteiger charge is -2.25. The van der Waals surface area contributed by atoms with Gasteiger partial charge in [-0.3, -0.25) is 0 Å². The highest BCUT2D eigenvalue weighted by molar-refractivity contribution is 5.09. The van der Waals surface area contributed by atoms with Crippen molar-refractivity contribution in [2.75, 3.05) is 26.9 Å². The molecule has 6 heteroatoms. The predicted octanol–water partition coefficient (Wildman–Crippen LogP) is 0.817. The van der Waals surface area contributed by atoms with Crippen LogP contribution in [0.3, 0.4) is 0 Å². The first kappa shape index (κ1) is 16.4. The van der Waals surface area contributed by atoms with Crippen LogP contribution in [0.1, 0.15) is 25.7 Å². The average molecular weight is 314 g/mol. The van der Waals surface area contributed by atoms with E-state index in [1.54, 1.807) is 7.11 Å². The molecule has 3 fully saturated rings. The molecule has 0 aromatic heterocycles. The number of methoxy groups -OCH3 is 1. The summed E-state index contributed by atoms with van der Waals surface area (Å²) in [6.07, 6.45) is 5.49. The zero-order valence-electron chi connectivity index (χ0n) is 13.0. The van der Waals surface area contributed by atoms with E-state index in [1.165, 1.54) is 0 Å². The smallest absolute Gasteiger partial charge is 0.188 e. The number of ether oxygens (including phenoxy) is 4. The Hall–Kier alpha value is -0.500. The lowest BCUT2D eigenvalue weighted by Crippen LogP contribution is -2.29. The normalized spacial score (nSPS) is 40.6. The van der Waals surface area contributed by atoms with Crippen molar-refractivity contribution in [3.8, 4) is 0 Å². The third-order valence-corrected chi connectivity index (χ3v) is 4.92. The van der Waals surface area contributed by atoms with Gasteiger partial charge >= 0.3 is 0 Å². The summed E-state index contributed by atoms with van der Waals surface area (Å²) in [6.45, 7) is 1.83. The van der Waals surface area contributed by atoms with E-state index in [-0.39, 0.29) is 17.9 Å². The molecular weight excluding hydrogens is 288 g/mol. The lowest BCUT2D eigenvalue weighted by molar-refractivity contribution is -0.124. The van der Waals surface area contributed by atoms with Gasteiger partial charge in [-0.15, -0.1) is 0 Å². The maximum atomic E-state index is 10.2. The monoisotopic (exact) mass is 314 g/mol. The van der Waals surface area contributed by atoms with Crippen LogP contribution >= 0.6 is 0 Å². The Bertz CT molecular complexity index is 392. The molecular formula is C16H26O6. The van der Waals surface area contributed by atoms with Gasteiger partial charge in [-0.25, -0.2) is 0 Å². The lowest BCUT2D eigenvalue weighted by atomic mass is 9.90. The minimum absolute atomic E-state index is 0.0192. The molecule has 1 unspecified atom stereocenters. The van der Waals surface area contributed by atoms with Crippen LogP contribution in [0, 0.1) is 11.8 Å². The second-order valence-electron chi connectivity index (χ2n) is 6.37. The fourth-order valence-electron chi connectivity index (χ4n) is 3.84. The van der Waals surface area contributed by atoms with Crippen molar-refractivity contribution in [2.45, 2.75) is 50.0 Å². The molecule has 2 heterocycles. The van der Waals surface area contributed by atoms with Crippen LogP contribution in [-0.2, 0) is 18.9 Å². The zero-order valence-corrected chi connectivity index (χ0v) is 13.0. The van der Waals surface area contributed by atoms with Crippen molar-refractivity contribution < 1.29 is 29.2 Å². The fourth-order valence-corrected chi connectivity index (χ4v) is 3.84. The van der Waals surface area contributed by atoms with E-state index in [0.717, 1.165) is 12.8 Å². The minimum Gasteiger partial charge on any atom is -0.392 e. The third kappa shape index (κ3) is 3.37. The molecule has 5 atom stereocenters. The number of rotatable bonds is 6. The molecule has 0 aromatic rings. The average Bonchev–Trinajstić information content (AvgIpc) is 3.13. The van der Waals surface area contributed by atoms with Crippen LogP contribution in [0.25, 0.3) is 0 Å². The molecule has 0 radical (unpaired) electrons. The summed E-state index contributed by atoms with van der Waals surface area (Å²) < 4.78 is 22.1. The van der Waals surface area contributed by atoms with Crippen molar-refractivity contribution in [3.63, 3.8) is 0 Å². The molecule has 2 saturated heterocycles. The summed E-state index contributed by atoms with van der Waals surface area (Å²) in [5.41, 5.74) is 0. The van der Waals surface area contributed by atoms with E-state index >= 15 is 0 Å². The Morgan fingerprint density at radius 1 is 1.23 bits per heavy atom. The minimum atomic E-state index is -0.701. The Morgan fingerprint density at radius 3 is 2.73 bits per heavy atom. The summed E-state index contributed by atoms with van der Waals surface area (Å²) >= 11 is 0. The summed E-state index contributed by atoms with van der Waals surface area (Å²) in [7, 11) is 1.68. The van der Waals surface area contributed by atoms with Gasteiger partial charge in [-0.2, -0.15) is 0 Å². The number of fused-ring (bicyclic) bond motifs is 1. The molecule has 1 saturated carbocycles. The molecule has 22 heavy (non-hydrogen) atoms. The maximum Gasteiger partial charge on any atom is 0.188 e. The van der Waals surface area contributed by atoms with Gasteiger partial charge in [0.25, 0.3) is 0 Å². The first-order valence-electron chi connectivity index (χ1n) is 8.11. The third-order valence-electron chi connectivity index (χ3n) is 4.92. The van der Waals surface area contributed by atoms with Crippen LogP contribution in [0.15, 0.2) is 12.2 Å². The molecule has 2 aliphatic heterocycles. The van der Waals surface area contributed by atoms with Crippen LogP contribution < -0.4 is 0 Å². The van der Waals surface area contributed by atoms with E-state index in [1.807, 2.05) is 12.2 Å².